The normalized spacial score (nSPS) is 14.7. The second kappa shape index (κ2) is 6.91. The third kappa shape index (κ3) is 2.88. The minimum Gasteiger partial charge on any atom is -0.359 e. The zero-order valence-electron chi connectivity index (χ0n) is 17.4. The van der Waals surface area contributed by atoms with E-state index in [1.807, 2.05) is 41.4 Å². The number of aromatic nitrogens is 2. The van der Waals surface area contributed by atoms with Gasteiger partial charge in [0.2, 0.25) is 0 Å². The Morgan fingerprint density at radius 3 is 2.71 bits per heavy atom. The van der Waals surface area contributed by atoms with Gasteiger partial charge in [0.25, 0.3) is 5.91 Å². The molecule has 6 rings (SSSR count). The van der Waals surface area contributed by atoms with E-state index in [1.54, 1.807) is 6.20 Å². The van der Waals surface area contributed by atoms with Gasteiger partial charge in [-0.3, -0.25) is 9.78 Å². The number of hydrogen-bond acceptors (Lipinski definition) is 4. The van der Waals surface area contributed by atoms with E-state index in [1.165, 1.54) is 5.56 Å². The molecule has 0 N–H and O–H groups in total. The first-order valence-electron chi connectivity index (χ1n) is 10.6. The smallest absolute Gasteiger partial charge is 0.255 e. The Morgan fingerprint density at radius 2 is 1.81 bits per heavy atom. The number of benzene rings is 2. The summed E-state index contributed by atoms with van der Waals surface area (Å²) < 4.78 is 0. The average molecular weight is 406 g/mol. The topological polar surface area (TPSA) is 49.3 Å². The van der Waals surface area contributed by atoms with Crippen molar-refractivity contribution < 1.29 is 4.79 Å². The molecule has 0 aliphatic carbocycles. The first-order valence-corrected chi connectivity index (χ1v) is 10.6. The zero-order valence-corrected chi connectivity index (χ0v) is 17.4. The van der Waals surface area contributed by atoms with E-state index in [9.17, 15) is 4.79 Å². The van der Waals surface area contributed by atoms with E-state index in [0.29, 0.717) is 13.1 Å². The summed E-state index contributed by atoms with van der Waals surface area (Å²) in [5, 5.41) is 2.06. The fraction of sp³-hybridized carbons (Fsp3) is 0.192. The molecule has 152 valence electrons. The molecule has 1 amide bonds. The number of carbonyl (C=O) groups excluding carboxylic acids is 1. The van der Waals surface area contributed by atoms with Crippen molar-refractivity contribution in [3.8, 4) is 11.1 Å². The van der Waals surface area contributed by atoms with Crippen LogP contribution in [0.4, 0.5) is 5.82 Å². The van der Waals surface area contributed by atoms with Crippen molar-refractivity contribution in [2.45, 2.75) is 19.5 Å². The van der Waals surface area contributed by atoms with Crippen LogP contribution in [-0.2, 0) is 19.5 Å². The molecule has 2 aliphatic heterocycles. The van der Waals surface area contributed by atoms with Crippen molar-refractivity contribution in [1.29, 1.82) is 0 Å². The highest BCUT2D eigenvalue weighted by Gasteiger charge is 2.26. The molecule has 4 aromatic rings. The summed E-state index contributed by atoms with van der Waals surface area (Å²) in [5.41, 5.74) is 6.36. The van der Waals surface area contributed by atoms with Crippen LogP contribution in [0.3, 0.4) is 0 Å². The van der Waals surface area contributed by atoms with E-state index < -0.39 is 0 Å². The maximum absolute atomic E-state index is 13.4. The summed E-state index contributed by atoms with van der Waals surface area (Å²) in [7, 11) is 2.08. The van der Waals surface area contributed by atoms with Crippen LogP contribution >= 0.6 is 0 Å². The number of pyridine rings is 2. The predicted molar refractivity (Wildman–Crippen MR) is 122 cm³/mol. The van der Waals surface area contributed by atoms with Crippen LogP contribution in [0.2, 0.25) is 0 Å². The van der Waals surface area contributed by atoms with Crippen molar-refractivity contribution in [1.82, 2.24) is 14.9 Å². The SMILES string of the molecule is CN1CCc2cc(-c3cccc4c(C(=O)N5Cc6cccnc6C5)cccc34)cnc21. The Morgan fingerprint density at radius 1 is 0.935 bits per heavy atom. The third-order valence-corrected chi connectivity index (χ3v) is 6.46. The van der Waals surface area contributed by atoms with Crippen LogP contribution in [0.5, 0.6) is 0 Å². The number of anilines is 1. The van der Waals surface area contributed by atoms with Crippen LogP contribution in [-0.4, -0.2) is 34.4 Å². The van der Waals surface area contributed by atoms with Gasteiger partial charge in [0.1, 0.15) is 5.82 Å². The van der Waals surface area contributed by atoms with Crippen molar-refractivity contribution in [3.63, 3.8) is 0 Å². The van der Waals surface area contributed by atoms with Gasteiger partial charge in [0, 0.05) is 43.7 Å². The van der Waals surface area contributed by atoms with Crippen molar-refractivity contribution in [3.05, 3.63) is 89.4 Å². The molecule has 2 aromatic heterocycles. The van der Waals surface area contributed by atoms with Crippen molar-refractivity contribution in [2.75, 3.05) is 18.5 Å². The maximum atomic E-state index is 13.4. The van der Waals surface area contributed by atoms with Crippen LogP contribution < -0.4 is 4.90 Å². The standard InChI is InChI=1S/C26H22N4O/c1-29-12-10-17-13-19(14-28-25(17)29)20-6-2-8-22-21(20)7-3-9-23(22)26(31)30-15-18-5-4-11-27-24(18)16-30/h2-9,11,13-14H,10,12,15-16H2,1H3. The molecule has 0 radical (unpaired) electrons. The number of fused-ring (bicyclic) bond motifs is 3. The molecule has 0 atom stereocenters. The third-order valence-electron chi connectivity index (χ3n) is 6.46. The van der Waals surface area contributed by atoms with E-state index in [4.69, 9.17) is 4.98 Å². The molecule has 0 saturated carbocycles. The second-order valence-corrected chi connectivity index (χ2v) is 8.35. The Kier molecular flexibility index (Phi) is 4.03. The molecule has 31 heavy (non-hydrogen) atoms. The fourth-order valence-corrected chi connectivity index (χ4v) is 4.83. The van der Waals surface area contributed by atoms with Gasteiger partial charge in [-0.1, -0.05) is 36.4 Å². The van der Waals surface area contributed by atoms with Gasteiger partial charge < -0.3 is 9.80 Å². The van der Waals surface area contributed by atoms with Gasteiger partial charge in [0.15, 0.2) is 0 Å². The quantitative estimate of drug-likeness (QED) is 0.494. The van der Waals surface area contributed by atoms with E-state index in [-0.39, 0.29) is 5.91 Å². The molecular weight excluding hydrogens is 384 g/mol. The number of nitrogens with zero attached hydrogens (tertiary/aromatic N) is 4. The monoisotopic (exact) mass is 406 g/mol. The largest absolute Gasteiger partial charge is 0.359 e. The van der Waals surface area contributed by atoms with Crippen LogP contribution in [0.25, 0.3) is 21.9 Å². The lowest BCUT2D eigenvalue weighted by atomic mass is 9.95. The molecule has 0 fully saturated rings. The summed E-state index contributed by atoms with van der Waals surface area (Å²) in [6.45, 7) is 2.18. The molecule has 4 heterocycles. The first-order chi connectivity index (χ1) is 15.2. The minimum absolute atomic E-state index is 0.0504. The summed E-state index contributed by atoms with van der Waals surface area (Å²) in [5.74, 6) is 1.12. The minimum atomic E-state index is 0.0504. The number of rotatable bonds is 2. The van der Waals surface area contributed by atoms with Crippen LogP contribution in [0, 0.1) is 0 Å². The van der Waals surface area contributed by atoms with E-state index in [2.05, 4.69) is 41.2 Å². The van der Waals surface area contributed by atoms with Gasteiger partial charge in [-0.25, -0.2) is 4.98 Å². The van der Waals surface area contributed by atoms with Gasteiger partial charge in [-0.2, -0.15) is 0 Å². The number of amides is 1. The van der Waals surface area contributed by atoms with Gasteiger partial charge in [-0.15, -0.1) is 0 Å². The molecule has 2 aromatic carbocycles. The maximum Gasteiger partial charge on any atom is 0.255 e. The highest BCUT2D eigenvalue weighted by molar-refractivity contribution is 6.10. The van der Waals surface area contributed by atoms with Gasteiger partial charge in [0.05, 0.1) is 12.2 Å². The lowest BCUT2D eigenvalue weighted by Crippen LogP contribution is -2.25. The summed E-state index contributed by atoms with van der Waals surface area (Å²) in [6, 6.07) is 18.4. The molecular formula is C26H22N4O. The highest BCUT2D eigenvalue weighted by atomic mass is 16.2. The Labute approximate surface area is 181 Å². The molecule has 5 heteroatoms. The van der Waals surface area contributed by atoms with Crippen molar-refractivity contribution in [2.24, 2.45) is 0 Å². The lowest BCUT2D eigenvalue weighted by Gasteiger charge is -2.17. The number of hydrogen-bond donors (Lipinski definition) is 0. The summed E-state index contributed by atoms with van der Waals surface area (Å²) in [6.07, 6.45) is 4.76. The molecule has 5 nitrogen and oxygen atoms in total. The molecule has 0 bridgehead atoms. The predicted octanol–water partition coefficient (Wildman–Crippen LogP) is 4.45. The van der Waals surface area contributed by atoms with Gasteiger partial charge >= 0.3 is 0 Å². The first kappa shape index (κ1) is 18.1. The molecule has 0 spiro atoms. The number of carbonyl (C=O) groups is 1. The zero-order chi connectivity index (χ0) is 20.9. The second-order valence-electron chi connectivity index (χ2n) is 8.35. The van der Waals surface area contributed by atoms with Crippen LogP contribution in [0.1, 0.15) is 27.2 Å². The molecule has 2 aliphatic rings. The summed E-state index contributed by atoms with van der Waals surface area (Å²) in [4.78, 5) is 26.7. The fourth-order valence-electron chi connectivity index (χ4n) is 4.83. The van der Waals surface area contributed by atoms with Crippen molar-refractivity contribution >= 4 is 22.5 Å². The Balaban J connectivity index is 1.41. The summed E-state index contributed by atoms with van der Waals surface area (Å²) >= 11 is 0. The Hall–Kier alpha value is -3.73. The van der Waals surface area contributed by atoms with E-state index in [0.717, 1.165) is 57.5 Å². The average Bonchev–Trinajstić information content (AvgIpc) is 3.41. The van der Waals surface area contributed by atoms with Gasteiger partial charge in [-0.05, 0) is 52.1 Å². The molecule has 0 unspecified atom stereocenters. The Bertz CT molecular complexity index is 1320. The highest BCUT2D eigenvalue weighted by Crippen LogP contribution is 2.34. The van der Waals surface area contributed by atoms with Crippen LogP contribution in [0.15, 0.2) is 67.0 Å². The molecule has 0 saturated heterocycles. The lowest BCUT2D eigenvalue weighted by molar-refractivity contribution is 0.0752. The van der Waals surface area contributed by atoms with E-state index >= 15 is 0 Å². The number of likely N-dealkylation sites (N-methyl/N-ethyl adjacent to an activating group) is 1.